The molecule has 0 radical (unpaired) electrons. The quantitative estimate of drug-likeness (QED) is 0.646. The minimum atomic E-state index is -3.75. The number of fused-ring (bicyclic) bond motifs is 1. The first-order valence-corrected chi connectivity index (χ1v) is 4.52. The lowest BCUT2D eigenvalue weighted by Gasteiger charge is -2.04. The van der Waals surface area contributed by atoms with Crippen molar-refractivity contribution in [2.75, 3.05) is 0 Å². The van der Waals surface area contributed by atoms with Crippen molar-refractivity contribution in [3.8, 4) is 11.5 Å². The SMILES string of the molecule is O=C(O)CC(=O)c1ccc2c(c1)OC(F)(F)O2. The lowest BCUT2D eigenvalue weighted by atomic mass is 10.1. The lowest BCUT2D eigenvalue weighted by Crippen LogP contribution is -2.25. The molecule has 1 heterocycles. The molecule has 0 aromatic heterocycles. The number of ketones is 1. The van der Waals surface area contributed by atoms with Crippen molar-refractivity contribution in [3.63, 3.8) is 0 Å². The molecule has 0 unspecified atom stereocenters. The highest BCUT2D eigenvalue weighted by atomic mass is 19.3. The Hall–Kier alpha value is -2.18. The number of carbonyl (C=O) groups excluding carboxylic acids is 1. The van der Waals surface area contributed by atoms with Crippen molar-refractivity contribution < 1.29 is 33.0 Å². The molecular formula is C10H6F2O5. The Labute approximate surface area is 93.6 Å². The average molecular weight is 244 g/mol. The first-order chi connectivity index (χ1) is 7.87. The van der Waals surface area contributed by atoms with E-state index in [1.165, 1.54) is 6.07 Å². The van der Waals surface area contributed by atoms with Gasteiger partial charge in [-0.25, -0.2) is 0 Å². The molecule has 0 bridgehead atoms. The fourth-order valence-corrected chi connectivity index (χ4v) is 1.36. The van der Waals surface area contributed by atoms with Gasteiger partial charge in [-0.1, -0.05) is 0 Å². The first-order valence-electron chi connectivity index (χ1n) is 4.52. The van der Waals surface area contributed by atoms with Crippen LogP contribution in [0.15, 0.2) is 18.2 Å². The number of Topliss-reactive ketones (excluding diaryl/α,β-unsaturated/α-hetero) is 1. The maximum Gasteiger partial charge on any atom is 0.586 e. The summed E-state index contributed by atoms with van der Waals surface area (Å²) in [5.74, 6) is -2.47. The number of carboxylic acids is 1. The van der Waals surface area contributed by atoms with Crippen molar-refractivity contribution in [2.24, 2.45) is 0 Å². The van der Waals surface area contributed by atoms with Crippen molar-refractivity contribution in [3.05, 3.63) is 23.8 Å². The number of aliphatic carboxylic acids is 1. The molecule has 0 saturated heterocycles. The summed E-state index contributed by atoms with van der Waals surface area (Å²) in [4.78, 5) is 21.7. The Morgan fingerprint density at radius 1 is 1.24 bits per heavy atom. The number of hydrogen-bond donors (Lipinski definition) is 1. The van der Waals surface area contributed by atoms with Crippen LogP contribution >= 0.6 is 0 Å². The molecule has 5 nitrogen and oxygen atoms in total. The summed E-state index contributed by atoms with van der Waals surface area (Å²) in [7, 11) is 0. The highest BCUT2D eigenvalue weighted by molar-refractivity contribution is 6.05. The number of carboxylic acid groups (broad SMARTS) is 1. The highest BCUT2D eigenvalue weighted by Gasteiger charge is 2.43. The molecule has 0 aliphatic carbocycles. The van der Waals surface area contributed by atoms with Crippen molar-refractivity contribution in [2.45, 2.75) is 12.7 Å². The molecule has 1 N–H and O–H groups in total. The number of carbonyl (C=O) groups is 2. The van der Waals surface area contributed by atoms with E-state index in [0.717, 1.165) is 12.1 Å². The third-order valence-electron chi connectivity index (χ3n) is 2.04. The van der Waals surface area contributed by atoms with Crippen LogP contribution in [0.5, 0.6) is 11.5 Å². The van der Waals surface area contributed by atoms with Crippen LogP contribution in [0.4, 0.5) is 8.78 Å². The van der Waals surface area contributed by atoms with Crippen LogP contribution in [0, 0.1) is 0 Å². The predicted octanol–water partition coefficient (Wildman–Crippen LogP) is 1.67. The molecule has 0 spiro atoms. The van der Waals surface area contributed by atoms with Gasteiger partial charge >= 0.3 is 12.3 Å². The van der Waals surface area contributed by atoms with Crippen LogP contribution in [-0.2, 0) is 4.79 Å². The number of benzene rings is 1. The lowest BCUT2D eigenvalue weighted by molar-refractivity contribution is -0.286. The number of halogens is 2. The van der Waals surface area contributed by atoms with Crippen LogP contribution in [0.2, 0.25) is 0 Å². The molecule has 0 saturated carbocycles. The van der Waals surface area contributed by atoms with Gasteiger partial charge in [0.15, 0.2) is 17.3 Å². The molecule has 0 atom stereocenters. The second-order valence-corrected chi connectivity index (χ2v) is 3.32. The van der Waals surface area contributed by atoms with Crippen molar-refractivity contribution in [1.82, 2.24) is 0 Å². The molecule has 2 rings (SSSR count). The molecule has 1 aliphatic heterocycles. The zero-order valence-electron chi connectivity index (χ0n) is 8.28. The van der Waals surface area contributed by atoms with E-state index in [2.05, 4.69) is 9.47 Å². The summed E-state index contributed by atoms with van der Waals surface area (Å²) in [6.45, 7) is 0. The summed E-state index contributed by atoms with van der Waals surface area (Å²) >= 11 is 0. The van der Waals surface area contributed by atoms with Crippen molar-refractivity contribution in [1.29, 1.82) is 0 Å². The Balaban J connectivity index is 2.25. The van der Waals surface area contributed by atoms with E-state index in [1.54, 1.807) is 0 Å². The Morgan fingerprint density at radius 2 is 1.88 bits per heavy atom. The van der Waals surface area contributed by atoms with Gasteiger partial charge in [0.05, 0.1) is 0 Å². The standard InChI is InChI=1S/C10H6F2O5/c11-10(12)16-7-2-1-5(3-8(7)17-10)6(13)4-9(14)15/h1-3H,4H2,(H,14,15). The smallest absolute Gasteiger partial charge is 0.481 e. The summed E-state index contributed by atoms with van der Waals surface area (Å²) in [5.41, 5.74) is -0.0209. The van der Waals surface area contributed by atoms with Gasteiger partial charge in [0.25, 0.3) is 0 Å². The van der Waals surface area contributed by atoms with E-state index in [4.69, 9.17) is 5.11 Å². The minimum absolute atomic E-state index is 0.0209. The third kappa shape index (κ3) is 2.32. The van der Waals surface area contributed by atoms with Crippen LogP contribution in [0.25, 0.3) is 0 Å². The van der Waals surface area contributed by atoms with Crippen LogP contribution in [0.3, 0.4) is 0 Å². The summed E-state index contributed by atoms with van der Waals surface area (Å²) in [6.07, 6.45) is -4.47. The van der Waals surface area contributed by atoms with Gasteiger partial charge in [-0.3, -0.25) is 9.59 Å². The van der Waals surface area contributed by atoms with Gasteiger partial charge in [0, 0.05) is 5.56 Å². The Morgan fingerprint density at radius 3 is 2.53 bits per heavy atom. The highest BCUT2D eigenvalue weighted by Crippen LogP contribution is 2.41. The molecule has 90 valence electrons. The largest absolute Gasteiger partial charge is 0.586 e. The Bertz CT molecular complexity index is 497. The minimum Gasteiger partial charge on any atom is -0.481 e. The topological polar surface area (TPSA) is 72.8 Å². The van der Waals surface area contributed by atoms with Crippen LogP contribution in [0.1, 0.15) is 16.8 Å². The van der Waals surface area contributed by atoms with Gasteiger partial charge in [0.2, 0.25) is 0 Å². The van der Waals surface area contributed by atoms with Crippen molar-refractivity contribution >= 4 is 11.8 Å². The number of rotatable bonds is 3. The first kappa shape index (κ1) is 11.3. The fraction of sp³-hybridized carbons (Fsp3) is 0.200. The van der Waals surface area contributed by atoms with Gasteiger partial charge < -0.3 is 14.6 Å². The molecule has 1 aromatic rings. The molecule has 7 heteroatoms. The fourth-order valence-electron chi connectivity index (χ4n) is 1.36. The predicted molar refractivity (Wildman–Crippen MR) is 49.2 cm³/mol. The van der Waals surface area contributed by atoms with E-state index in [9.17, 15) is 18.4 Å². The monoisotopic (exact) mass is 244 g/mol. The van der Waals surface area contributed by atoms with E-state index in [1.807, 2.05) is 0 Å². The van der Waals surface area contributed by atoms with Gasteiger partial charge in [-0.05, 0) is 18.2 Å². The van der Waals surface area contributed by atoms with E-state index >= 15 is 0 Å². The van der Waals surface area contributed by atoms with Crippen LogP contribution in [-0.4, -0.2) is 23.2 Å². The summed E-state index contributed by atoms with van der Waals surface area (Å²) in [5, 5.41) is 8.42. The average Bonchev–Trinajstić information content (AvgIpc) is 2.48. The molecule has 0 fully saturated rings. The van der Waals surface area contributed by atoms with E-state index < -0.39 is 24.5 Å². The van der Waals surface area contributed by atoms with E-state index in [-0.39, 0.29) is 17.1 Å². The normalized spacial score (nSPS) is 15.6. The molecule has 0 amide bonds. The maximum absolute atomic E-state index is 12.7. The number of ether oxygens (including phenoxy) is 2. The summed E-state index contributed by atoms with van der Waals surface area (Å²) < 4.78 is 33.6. The Kier molecular flexibility index (Phi) is 2.45. The van der Waals surface area contributed by atoms with Crippen LogP contribution < -0.4 is 9.47 Å². The van der Waals surface area contributed by atoms with Gasteiger partial charge in [0.1, 0.15) is 6.42 Å². The van der Waals surface area contributed by atoms with Gasteiger partial charge in [-0.2, -0.15) is 0 Å². The molecule has 1 aromatic carbocycles. The maximum atomic E-state index is 12.7. The number of hydrogen-bond acceptors (Lipinski definition) is 4. The zero-order valence-corrected chi connectivity index (χ0v) is 8.28. The zero-order chi connectivity index (χ0) is 12.6. The third-order valence-corrected chi connectivity index (χ3v) is 2.04. The number of alkyl halides is 2. The molecule has 17 heavy (non-hydrogen) atoms. The molecule has 1 aliphatic rings. The van der Waals surface area contributed by atoms with Gasteiger partial charge in [-0.15, -0.1) is 8.78 Å². The second kappa shape index (κ2) is 3.69. The van der Waals surface area contributed by atoms with E-state index in [0.29, 0.717) is 0 Å². The summed E-state index contributed by atoms with van der Waals surface area (Å²) in [6, 6.07) is 3.36. The molecular weight excluding hydrogens is 238 g/mol. The second-order valence-electron chi connectivity index (χ2n) is 3.32.